The van der Waals surface area contributed by atoms with Crippen molar-refractivity contribution in [2.24, 2.45) is 5.92 Å². The maximum absolute atomic E-state index is 5.67. The van der Waals surface area contributed by atoms with Gasteiger partial charge in [0.15, 0.2) is 0 Å². The van der Waals surface area contributed by atoms with Gasteiger partial charge in [0.1, 0.15) is 11.9 Å². The highest BCUT2D eigenvalue weighted by molar-refractivity contribution is 5.15. The minimum Gasteiger partial charge on any atom is -0.488 e. The van der Waals surface area contributed by atoms with E-state index in [0.29, 0.717) is 5.92 Å². The molecule has 1 atom stereocenters. The lowest BCUT2D eigenvalue weighted by molar-refractivity contribution is 0.215. The summed E-state index contributed by atoms with van der Waals surface area (Å²) >= 11 is 0. The van der Waals surface area contributed by atoms with Crippen LogP contribution in [0.5, 0.6) is 5.75 Å². The van der Waals surface area contributed by atoms with Crippen molar-refractivity contribution in [2.45, 2.75) is 26.9 Å². The Morgan fingerprint density at radius 1 is 1.33 bits per heavy atom. The molecule has 1 N–H and O–H groups in total. The Hall–Kier alpha value is -1.09. The Balaban J connectivity index is 2.21. The van der Waals surface area contributed by atoms with Crippen molar-refractivity contribution >= 4 is 0 Å². The van der Waals surface area contributed by atoms with E-state index < -0.39 is 0 Å². The molecule has 0 amide bonds. The van der Waals surface area contributed by atoms with Crippen molar-refractivity contribution in [2.75, 3.05) is 13.1 Å². The molecule has 0 fully saturated rings. The Kier molecular flexibility index (Phi) is 5.12. The third-order valence-electron chi connectivity index (χ3n) is 1.96. The normalized spacial score (nSPS) is 12.8. The molecule has 3 nitrogen and oxygen atoms in total. The highest BCUT2D eigenvalue weighted by atomic mass is 16.5. The first-order valence-electron chi connectivity index (χ1n) is 5.46. The second-order valence-corrected chi connectivity index (χ2v) is 4.17. The van der Waals surface area contributed by atoms with E-state index in [0.717, 1.165) is 18.8 Å². The van der Waals surface area contributed by atoms with Gasteiger partial charge in [-0.15, -0.1) is 0 Å². The van der Waals surface area contributed by atoms with Gasteiger partial charge in [0.2, 0.25) is 0 Å². The second-order valence-electron chi connectivity index (χ2n) is 4.17. The number of aromatic nitrogens is 1. The van der Waals surface area contributed by atoms with Gasteiger partial charge in [0, 0.05) is 12.7 Å². The summed E-state index contributed by atoms with van der Waals surface area (Å²) < 4.78 is 5.67. The van der Waals surface area contributed by atoms with Crippen LogP contribution in [0.25, 0.3) is 0 Å². The van der Waals surface area contributed by atoms with Gasteiger partial charge in [-0.1, -0.05) is 13.8 Å². The first-order chi connectivity index (χ1) is 7.18. The molecular weight excluding hydrogens is 188 g/mol. The zero-order valence-corrected chi connectivity index (χ0v) is 9.73. The third kappa shape index (κ3) is 5.37. The van der Waals surface area contributed by atoms with Crippen LogP contribution in [0.15, 0.2) is 24.5 Å². The number of ether oxygens (including phenoxy) is 1. The maximum atomic E-state index is 5.67. The third-order valence-corrected chi connectivity index (χ3v) is 1.96. The molecule has 0 spiro atoms. The molecule has 0 aliphatic rings. The summed E-state index contributed by atoms with van der Waals surface area (Å²) in [4.78, 5) is 4.00. The summed E-state index contributed by atoms with van der Waals surface area (Å²) in [6.45, 7) is 8.34. The monoisotopic (exact) mass is 208 g/mol. The van der Waals surface area contributed by atoms with Crippen molar-refractivity contribution < 1.29 is 4.74 Å². The van der Waals surface area contributed by atoms with E-state index in [-0.39, 0.29) is 6.10 Å². The van der Waals surface area contributed by atoms with Crippen LogP contribution in [0.4, 0.5) is 0 Å². The predicted octanol–water partition coefficient (Wildman–Crippen LogP) is 2.09. The molecule has 0 radical (unpaired) electrons. The maximum Gasteiger partial charge on any atom is 0.138 e. The lowest BCUT2D eigenvalue weighted by Crippen LogP contribution is -2.31. The molecule has 0 bridgehead atoms. The Labute approximate surface area is 91.9 Å². The van der Waals surface area contributed by atoms with Gasteiger partial charge in [0.05, 0.1) is 6.20 Å². The van der Waals surface area contributed by atoms with Crippen LogP contribution in [0.1, 0.15) is 20.8 Å². The van der Waals surface area contributed by atoms with Crippen LogP contribution in [0.2, 0.25) is 0 Å². The zero-order chi connectivity index (χ0) is 11.1. The average molecular weight is 208 g/mol. The first kappa shape index (κ1) is 12.0. The van der Waals surface area contributed by atoms with Crippen LogP contribution in [-0.2, 0) is 0 Å². The quantitative estimate of drug-likeness (QED) is 0.777. The molecule has 0 aliphatic carbocycles. The standard InChI is InChI=1S/C12H20N2O/c1-10(2)7-14-8-11(3)15-12-5-4-6-13-9-12/h4-6,9-11,14H,7-8H2,1-3H3. The molecule has 1 aromatic heterocycles. The van der Waals surface area contributed by atoms with Crippen LogP contribution in [0.3, 0.4) is 0 Å². The smallest absolute Gasteiger partial charge is 0.138 e. The van der Waals surface area contributed by atoms with E-state index in [1.165, 1.54) is 0 Å². The van der Waals surface area contributed by atoms with Crippen molar-refractivity contribution in [1.29, 1.82) is 0 Å². The number of nitrogens with one attached hydrogen (secondary N) is 1. The highest BCUT2D eigenvalue weighted by Gasteiger charge is 2.03. The van der Waals surface area contributed by atoms with E-state index in [4.69, 9.17) is 4.74 Å². The van der Waals surface area contributed by atoms with Gasteiger partial charge in [-0.2, -0.15) is 0 Å². The lowest BCUT2D eigenvalue weighted by Gasteiger charge is -2.15. The van der Waals surface area contributed by atoms with Gasteiger partial charge in [0.25, 0.3) is 0 Å². The Morgan fingerprint density at radius 2 is 2.13 bits per heavy atom. The van der Waals surface area contributed by atoms with Crippen LogP contribution >= 0.6 is 0 Å². The van der Waals surface area contributed by atoms with Crippen molar-refractivity contribution in [3.63, 3.8) is 0 Å². The van der Waals surface area contributed by atoms with E-state index in [1.807, 2.05) is 12.1 Å². The van der Waals surface area contributed by atoms with Crippen LogP contribution in [-0.4, -0.2) is 24.2 Å². The average Bonchev–Trinajstić information content (AvgIpc) is 2.18. The fraction of sp³-hybridized carbons (Fsp3) is 0.583. The lowest BCUT2D eigenvalue weighted by atomic mass is 10.2. The Morgan fingerprint density at radius 3 is 2.73 bits per heavy atom. The molecule has 1 unspecified atom stereocenters. The second kappa shape index (κ2) is 6.40. The zero-order valence-electron chi connectivity index (χ0n) is 9.73. The molecule has 0 saturated heterocycles. The molecule has 84 valence electrons. The number of nitrogens with zero attached hydrogens (tertiary/aromatic N) is 1. The number of pyridine rings is 1. The summed E-state index contributed by atoms with van der Waals surface area (Å²) in [6.07, 6.45) is 3.65. The summed E-state index contributed by atoms with van der Waals surface area (Å²) in [5.41, 5.74) is 0. The minimum atomic E-state index is 0.174. The fourth-order valence-corrected chi connectivity index (χ4v) is 1.27. The van der Waals surface area contributed by atoms with Crippen molar-refractivity contribution in [3.8, 4) is 5.75 Å². The number of hydrogen-bond donors (Lipinski definition) is 1. The molecule has 0 saturated carbocycles. The molecule has 3 heteroatoms. The van der Waals surface area contributed by atoms with Crippen molar-refractivity contribution in [3.05, 3.63) is 24.5 Å². The van der Waals surface area contributed by atoms with E-state index >= 15 is 0 Å². The molecule has 0 aliphatic heterocycles. The number of rotatable bonds is 6. The predicted molar refractivity (Wildman–Crippen MR) is 62.0 cm³/mol. The van der Waals surface area contributed by atoms with Gasteiger partial charge in [-0.05, 0) is 31.5 Å². The summed E-state index contributed by atoms with van der Waals surface area (Å²) in [5, 5.41) is 3.36. The molecule has 0 aromatic carbocycles. The molecule has 15 heavy (non-hydrogen) atoms. The van der Waals surface area contributed by atoms with Gasteiger partial charge < -0.3 is 10.1 Å². The summed E-state index contributed by atoms with van der Waals surface area (Å²) in [6, 6.07) is 3.80. The largest absolute Gasteiger partial charge is 0.488 e. The van der Waals surface area contributed by atoms with Gasteiger partial charge in [-0.25, -0.2) is 0 Å². The van der Waals surface area contributed by atoms with E-state index in [2.05, 4.69) is 31.1 Å². The van der Waals surface area contributed by atoms with Crippen LogP contribution in [0, 0.1) is 5.92 Å². The molecule has 1 heterocycles. The minimum absolute atomic E-state index is 0.174. The first-order valence-corrected chi connectivity index (χ1v) is 5.46. The molecule has 1 aromatic rings. The molecule has 1 rings (SSSR count). The van der Waals surface area contributed by atoms with E-state index in [1.54, 1.807) is 12.4 Å². The van der Waals surface area contributed by atoms with Crippen molar-refractivity contribution in [1.82, 2.24) is 10.3 Å². The summed E-state index contributed by atoms with van der Waals surface area (Å²) in [7, 11) is 0. The number of hydrogen-bond acceptors (Lipinski definition) is 3. The van der Waals surface area contributed by atoms with Gasteiger partial charge in [-0.3, -0.25) is 4.98 Å². The fourth-order valence-electron chi connectivity index (χ4n) is 1.27. The van der Waals surface area contributed by atoms with E-state index in [9.17, 15) is 0 Å². The van der Waals surface area contributed by atoms with Gasteiger partial charge >= 0.3 is 0 Å². The van der Waals surface area contributed by atoms with Crippen LogP contribution < -0.4 is 10.1 Å². The highest BCUT2D eigenvalue weighted by Crippen LogP contribution is 2.08. The summed E-state index contributed by atoms with van der Waals surface area (Å²) in [5.74, 6) is 1.51. The topological polar surface area (TPSA) is 34.1 Å². The molecular formula is C12H20N2O. The SMILES string of the molecule is CC(C)CNCC(C)Oc1cccnc1. The Bertz CT molecular complexity index is 262.